The number of amides is 1. The van der Waals surface area contributed by atoms with Crippen molar-refractivity contribution >= 4 is 11.7 Å². The van der Waals surface area contributed by atoms with Crippen molar-refractivity contribution in [2.45, 2.75) is 44.1 Å². The number of hydrogen-bond donors (Lipinski definition) is 2. The molecule has 0 bridgehead atoms. The van der Waals surface area contributed by atoms with Gasteiger partial charge in [0.25, 0.3) is 5.91 Å². The normalized spacial score (nSPS) is 20.6. The summed E-state index contributed by atoms with van der Waals surface area (Å²) >= 11 is 0. The Morgan fingerprint density at radius 3 is 2.57 bits per heavy atom. The molecule has 6 nitrogen and oxygen atoms in total. The number of likely N-dealkylation sites (tertiary alicyclic amines) is 1. The second-order valence-electron chi connectivity index (χ2n) is 10.5. The first-order valence-corrected chi connectivity index (χ1v) is 13.3. The number of pyridine rings is 1. The van der Waals surface area contributed by atoms with Gasteiger partial charge in [-0.1, -0.05) is 24.3 Å². The van der Waals surface area contributed by atoms with Crippen molar-refractivity contribution < 1.29 is 13.9 Å². The molecule has 3 aliphatic rings. The highest BCUT2D eigenvalue weighted by molar-refractivity contribution is 5.97. The fraction of sp³-hybridized carbons (Fsp3) is 0.400. The van der Waals surface area contributed by atoms with Crippen LogP contribution in [0.2, 0.25) is 0 Å². The van der Waals surface area contributed by atoms with E-state index < -0.39 is 5.95 Å². The Labute approximate surface area is 217 Å². The number of hydrogen-bond acceptors (Lipinski definition) is 5. The molecule has 37 heavy (non-hydrogen) atoms. The molecular formula is C30H33FN4O2. The van der Waals surface area contributed by atoms with Crippen molar-refractivity contribution in [1.29, 1.82) is 0 Å². The summed E-state index contributed by atoms with van der Waals surface area (Å²) in [5.74, 6) is -0.0173. The van der Waals surface area contributed by atoms with Crippen LogP contribution >= 0.6 is 0 Å². The van der Waals surface area contributed by atoms with Gasteiger partial charge in [0.05, 0.1) is 0 Å². The van der Waals surface area contributed by atoms with Gasteiger partial charge in [0.15, 0.2) is 0 Å². The zero-order valence-corrected chi connectivity index (χ0v) is 21.2. The fourth-order valence-electron chi connectivity index (χ4n) is 6.25. The number of nitrogen functional groups attached to an aromatic ring is 1. The largest absolute Gasteiger partial charge is 0.383 e. The molecule has 2 saturated heterocycles. The Kier molecular flexibility index (Phi) is 6.42. The molecule has 2 aromatic carbocycles. The van der Waals surface area contributed by atoms with E-state index in [0.717, 1.165) is 68.6 Å². The van der Waals surface area contributed by atoms with Crippen LogP contribution in [0.15, 0.2) is 42.5 Å². The van der Waals surface area contributed by atoms with Gasteiger partial charge < -0.3 is 15.8 Å². The molecule has 0 saturated carbocycles. The van der Waals surface area contributed by atoms with Gasteiger partial charge in [-0.05, 0) is 97.6 Å². The highest BCUT2D eigenvalue weighted by Gasteiger charge is 2.29. The van der Waals surface area contributed by atoms with Crippen molar-refractivity contribution in [2.24, 2.45) is 0 Å². The minimum absolute atomic E-state index is 0.0623. The van der Waals surface area contributed by atoms with E-state index in [1.807, 2.05) is 30.3 Å². The summed E-state index contributed by atoms with van der Waals surface area (Å²) in [6.45, 7) is 3.25. The summed E-state index contributed by atoms with van der Waals surface area (Å²) in [5, 5.41) is 2.87. The van der Waals surface area contributed by atoms with Crippen molar-refractivity contribution in [3.8, 4) is 22.3 Å². The van der Waals surface area contributed by atoms with Crippen molar-refractivity contribution in [2.75, 3.05) is 39.1 Å². The Hall–Kier alpha value is -3.29. The first kappa shape index (κ1) is 24.1. The van der Waals surface area contributed by atoms with Gasteiger partial charge >= 0.3 is 0 Å². The molecule has 1 atom stereocenters. The lowest BCUT2D eigenvalue weighted by Gasteiger charge is -2.29. The number of carbonyl (C=O) groups is 1. The molecule has 0 radical (unpaired) electrons. The van der Waals surface area contributed by atoms with Gasteiger partial charge in [0, 0.05) is 42.5 Å². The number of carbonyl (C=O) groups excluding carboxylic acids is 1. The van der Waals surface area contributed by atoms with Crippen molar-refractivity contribution in [3.63, 3.8) is 0 Å². The molecule has 0 spiro atoms. The molecule has 7 heteroatoms. The lowest BCUT2D eigenvalue weighted by Crippen LogP contribution is -2.31. The van der Waals surface area contributed by atoms with E-state index in [9.17, 15) is 4.79 Å². The van der Waals surface area contributed by atoms with Crippen LogP contribution in [0.5, 0.6) is 0 Å². The van der Waals surface area contributed by atoms with E-state index in [4.69, 9.17) is 10.5 Å². The van der Waals surface area contributed by atoms with E-state index in [2.05, 4.69) is 34.4 Å². The molecule has 1 unspecified atom stereocenters. The Balaban J connectivity index is 1.43. The van der Waals surface area contributed by atoms with Gasteiger partial charge in [-0.2, -0.15) is 4.39 Å². The van der Waals surface area contributed by atoms with Crippen LogP contribution in [0.25, 0.3) is 22.3 Å². The number of nitrogens with two attached hydrogens (primary N) is 1. The highest BCUT2D eigenvalue weighted by Crippen LogP contribution is 2.41. The maximum atomic E-state index is 15.3. The predicted octanol–water partition coefficient (Wildman–Crippen LogP) is 5.08. The molecule has 3 aliphatic heterocycles. The Morgan fingerprint density at radius 1 is 1.00 bits per heavy atom. The first-order chi connectivity index (χ1) is 18.0. The molecule has 3 aromatic rings. The van der Waals surface area contributed by atoms with Gasteiger partial charge in [0.2, 0.25) is 5.95 Å². The molecule has 6 rings (SSSR count). The fourth-order valence-corrected chi connectivity index (χ4v) is 6.25. The smallest absolute Gasteiger partial charge is 0.251 e. The zero-order chi connectivity index (χ0) is 25.5. The Morgan fingerprint density at radius 2 is 1.78 bits per heavy atom. The topological polar surface area (TPSA) is 80.5 Å². The number of aromatic nitrogens is 1. The summed E-state index contributed by atoms with van der Waals surface area (Å²) in [6, 6.07) is 14.2. The van der Waals surface area contributed by atoms with Crippen LogP contribution in [-0.4, -0.2) is 49.1 Å². The molecule has 1 amide bonds. The van der Waals surface area contributed by atoms with Gasteiger partial charge in [-0.3, -0.25) is 9.69 Å². The molecule has 4 heterocycles. The molecule has 2 fully saturated rings. The molecule has 3 N–H and O–H groups in total. The van der Waals surface area contributed by atoms with Crippen LogP contribution in [-0.2, 0) is 11.2 Å². The van der Waals surface area contributed by atoms with Crippen LogP contribution < -0.4 is 11.1 Å². The predicted molar refractivity (Wildman–Crippen MR) is 143 cm³/mol. The monoisotopic (exact) mass is 500 g/mol. The second kappa shape index (κ2) is 9.88. The van der Waals surface area contributed by atoms with E-state index in [1.165, 1.54) is 11.1 Å². The number of ether oxygens (including phenoxy) is 1. The summed E-state index contributed by atoms with van der Waals surface area (Å²) in [6.07, 6.45) is 5.05. The van der Waals surface area contributed by atoms with Crippen LogP contribution in [0.3, 0.4) is 0 Å². The average molecular weight is 501 g/mol. The summed E-state index contributed by atoms with van der Waals surface area (Å²) in [5.41, 5.74) is 13.3. The van der Waals surface area contributed by atoms with E-state index >= 15 is 4.39 Å². The maximum Gasteiger partial charge on any atom is 0.251 e. The van der Waals surface area contributed by atoms with E-state index in [-0.39, 0.29) is 11.7 Å². The number of rotatable bonds is 4. The number of halogens is 1. The van der Waals surface area contributed by atoms with Crippen molar-refractivity contribution in [3.05, 3.63) is 70.7 Å². The average Bonchev–Trinajstić information content (AvgIpc) is 3.34. The van der Waals surface area contributed by atoms with Gasteiger partial charge in [-0.25, -0.2) is 4.98 Å². The quantitative estimate of drug-likeness (QED) is 0.488. The SMILES string of the molecule is CN1CCCC1c1cc(-c2cc(-c3ccc4c(c3)CCNC4=O)c(N)nc2F)ccc1C1CCOCC1. The number of fused-ring (bicyclic) bond motifs is 1. The molecule has 192 valence electrons. The second-order valence-corrected chi connectivity index (χ2v) is 10.5. The standard InChI is InChI=1S/C30H33FN4O2/c1-35-12-2-3-27(35)26-16-20(4-6-22(26)18-9-13-37-14-10-18)24-17-25(29(32)34-28(24)31)19-5-7-23-21(15-19)8-11-33-30(23)36/h4-7,15-18,27H,2-3,8-14H2,1H3,(H2,32,34)(H,33,36). The molecular weight excluding hydrogens is 467 g/mol. The minimum Gasteiger partial charge on any atom is -0.383 e. The van der Waals surface area contributed by atoms with Crippen LogP contribution in [0.4, 0.5) is 10.2 Å². The van der Waals surface area contributed by atoms with E-state index in [1.54, 1.807) is 0 Å². The summed E-state index contributed by atoms with van der Waals surface area (Å²) in [7, 11) is 2.18. The number of anilines is 1. The number of nitrogens with zero attached hydrogens (tertiary/aromatic N) is 2. The lowest BCUT2D eigenvalue weighted by atomic mass is 9.83. The minimum atomic E-state index is -0.567. The Bertz CT molecular complexity index is 1350. The van der Waals surface area contributed by atoms with E-state index in [0.29, 0.717) is 35.2 Å². The van der Waals surface area contributed by atoms with Gasteiger partial charge in [0.1, 0.15) is 5.82 Å². The van der Waals surface area contributed by atoms with Crippen LogP contribution in [0.1, 0.15) is 64.7 Å². The number of nitrogens with one attached hydrogen (secondary N) is 1. The highest BCUT2D eigenvalue weighted by atomic mass is 19.1. The third kappa shape index (κ3) is 4.51. The van der Waals surface area contributed by atoms with Gasteiger partial charge in [-0.15, -0.1) is 0 Å². The van der Waals surface area contributed by atoms with Crippen LogP contribution in [0, 0.1) is 5.95 Å². The third-order valence-corrected chi connectivity index (χ3v) is 8.28. The first-order valence-electron chi connectivity index (χ1n) is 13.3. The third-order valence-electron chi connectivity index (χ3n) is 8.28. The molecule has 0 aliphatic carbocycles. The summed E-state index contributed by atoms with van der Waals surface area (Å²) < 4.78 is 20.9. The summed E-state index contributed by atoms with van der Waals surface area (Å²) in [4.78, 5) is 18.7. The van der Waals surface area contributed by atoms with Crippen molar-refractivity contribution in [1.82, 2.24) is 15.2 Å². The number of benzene rings is 2. The zero-order valence-electron chi connectivity index (χ0n) is 21.2. The lowest BCUT2D eigenvalue weighted by molar-refractivity contribution is 0.0849. The molecule has 1 aromatic heterocycles. The maximum absolute atomic E-state index is 15.3.